The largest absolute Gasteiger partial charge is 0.359 e. The number of rotatable bonds is 5. The Labute approximate surface area is 171 Å². The van der Waals surface area contributed by atoms with E-state index >= 15 is 0 Å². The Hall–Kier alpha value is -2.69. The van der Waals surface area contributed by atoms with E-state index in [1.165, 1.54) is 6.07 Å². The third kappa shape index (κ3) is 4.04. The summed E-state index contributed by atoms with van der Waals surface area (Å²) in [4.78, 5) is 27.4. The van der Waals surface area contributed by atoms with Crippen LogP contribution in [-0.2, 0) is 16.0 Å². The van der Waals surface area contributed by atoms with E-state index in [0.29, 0.717) is 18.5 Å². The summed E-state index contributed by atoms with van der Waals surface area (Å²) in [6.07, 6.45) is 4.10. The zero-order valence-electron chi connectivity index (χ0n) is 16.8. The van der Waals surface area contributed by atoms with E-state index in [9.17, 15) is 14.0 Å². The third-order valence-electron chi connectivity index (χ3n) is 6.21. The van der Waals surface area contributed by atoms with E-state index in [4.69, 9.17) is 0 Å². The average molecular weight is 394 g/mol. The van der Waals surface area contributed by atoms with E-state index < -0.39 is 5.41 Å². The van der Waals surface area contributed by atoms with Gasteiger partial charge in [-0.3, -0.25) is 9.59 Å². The van der Waals surface area contributed by atoms with Crippen LogP contribution in [-0.4, -0.2) is 36.9 Å². The maximum absolute atomic E-state index is 14.1. The quantitative estimate of drug-likeness (QED) is 0.839. The molecule has 0 spiro atoms. The molecule has 1 atom stereocenters. The molecule has 4 rings (SSSR count). The normalized spacial score (nSPS) is 21.7. The van der Waals surface area contributed by atoms with Gasteiger partial charge in [0.25, 0.3) is 0 Å². The summed E-state index contributed by atoms with van der Waals surface area (Å²) < 4.78 is 14.1. The van der Waals surface area contributed by atoms with Crippen LogP contribution < -0.4 is 5.32 Å². The van der Waals surface area contributed by atoms with Crippen LogP contribution in [0.2, 0.25) is 0 Å². The molecule has 2 amide bonds. The van der Waals surface area contributed by atoms with Crippen LogP contribution in [0, 0.1) is 17.2 Å². The summed E-state index contributed by atoms with van der Waals surface area (Å²) >= 11 is 0. The van der Waals surface area contributed by atoms with Crippen molar-refractivity contribution in [1.82, 2.24) is 10.2 Å². The third-order valence-corrected chi connectivity index (χ3v) is 6.21. The summed E-state index contributed by atoms with van der Waals surface area (Å²) in [6.45, 7) is 1.21. The van der Waals surface area contributed by atoms with Gasteiger partial charge in [-0.05, 0) is 49.3 Å². The number of halogens is 1. The van der Waals surface area contributed by atoms with E-state index in [2.05, 4.69) is 5.32 Å². The number of nitrogens with zero attached hydrogens (tertiary/aromatic N) is 1. The standard InChI is InChI=1S/C24H27FN2O2/c1-26-23(29)24(13-4-14-27(16-24)22(28)19-11-12-19)15-17-7-9-18(10-8-17)20-5-2-3-6-21(20)25/h2-3,5-10,19H,4,11-16H2,1H3,(H,26,29)/t24-/m0/s1. The van der Waals surface area contributed by atoms with Crippen LogP contribution in [0.15, 0.2) is 48.5 Å². The molecule has 0 bridgehead atoms. The number of benzene rings is 2. The Morgan fingerprint density at radius 3 is 2.52 bits per heavy atom. The molecule has 152 valence electrons. The van der Waals surface area contributed by atoms with Crippen molar-refractivity contribution >= 4 is 11.8 Å². The average Bonchev–Trinajstić information content (AvgIpc) is 3.59. The van der Waals surface area contributed by atoms with Crippen LogP contribution in [0.5, 0.6) is 0 Å². The number of carbonyl (C=O) groups excluding carboxylic acids is 2. The fourth-order valence-electron chi connectivity index (χ4n) is 4.47. The fourth-order valence-corrected chi connectivity index (χ4v) is 4.47. The summed E-state index contributed by atoms with van der Waals surface area (Å²) in [7, 11) is 1.66. The molecular weight excluding hydrogens is 367 g/mol. The molecular formula is C24H27FN2O2. The monoisotopic (exact) mass is 394 g/mol. The highest BCUT2D eigenvalue weighted by atomic mass is 19.1. The van der Waals surface area contributed by atoms with Crippen molar-refractivity contribution in [3.8, 4) is 11.1 Å². The minimum Gasteiger partial charge on any atom is -0.359 e. The lowest BCUT2D eigenvalue weighted by Gasteiger charge is -2.41. The van der Waals surface area contributed by atoms with Gasteiger partial charge in [-0.25, -0.2) is 4.39 Å². The van der Waals surface area contributed by atoms with Crippen molar-refractivity contribution in [2.24, 2.45) is 11.3 Å². The van der Waals surface area contributed by atoms with Crippen molar-refractivity contribution in [2.75, 3.05) is 20.1 Å². The van der Waals surface area contributed by atoms with Crippen molar-refractivity contribution in [3.05, 3.63) is 59.9 Å². The van der Waals surface area contributed by atoms with Gasteiger partial charge in [-0.2, -0.15) is 0 Å². The Balaban J connectivity index is 1.56. The first-order valence-corrected chi connectivity index (χ1v) is 10.4. The predicted molar refractivity (Wildman–Crippen MR) is 111 cm³/mol. The highest BCUT2D eigenvalue weighted by Crippen LogP contribution is 2.38. The SMILES string of the molecule is CNC(=O)[C@]1(Cc2ccc(-c3ccccc3F)cc2)CCCN(C(=O)C2CC2)C1. The molecule has 1 N–H and O–H groups in total. The first-order valence-electron chi connectivity index (χ1n) is 10.4. The molecule has 0 unspecified atom stereocenters. The number of amides is 2. The van der Waals surface area contributed by atoms with Gasteiger partial charge < -0.3 is 10.2 Å². The molecule has 29 heavy (non-hydrogen) atoms. The van der Waals surface area contributed by atoms with E-state index in [1.54, 1.807) is 19.2 Å². The summed E-state index contributed by atoms with van der Waals surface area (Å²) in [5, 5.41) is 2.82. The first kappa shape index (κ1) is 19.6. The Bertz CT molecular complexity index is 907. The summed E-state index contributed by atoms with van der Waals surface area (Å²) in [6, 6.07) is 14.5. The summed E-state index contributed by atoms with van der Waals surface area (Å²) in [5.41, 5.74) is 1.79. The molecule has 2 fully saturated rings. The highest BCUT2D eigenvalue weighted by molar-refractivity contribution is 5.86. The Morgan fingerprint density at radius 2 is 1.86 bits per heavy atom. The van der Waals surface area contributed by atoms with Crippen molar-refractivity contribution in [2.45, 2.75) is 32.1 Å². The summed E-state index contributed by atoms with van der Waals surface area (Å²) in [5.74, 6) is 0.107. The van der Waals surface area contributed by atoms with Crippen molar-refractivity contribution in [3.63, 3.8) is 0 Å². The van der Waals surface area contributed by atoms with Crippen molar-refractivity contribution in [1.29, 1.82) is 0 Å². The van der Waals surface area contributed by atoms with Crippen LogP contribution in [0.1, 0.15) is 31.2 Å². The van der Waals surface area contributed by atoms with Crippen LogP contribution in [0.4, 0.5) is 4.39 Å². The van der Waals surface area contributed by atoms with Gasteiger partial charge in [0, 0.05) is 31.6 Å². The Kier molecular flexibility index (Phi) is 5.39. The topological polar surface area (TPSA) is 49.4 Å². The second kappa shape index (κ2) is 7.97. The van der Waals surface area contributed by atoms with Gasteiger partial charge in [-0.15, -0.1) is 0 Å². The molecule has 1 aliphatic carbocycles. The Morgan fingerprint density at radius 1 is 1.14 bits per heavy atom. The maximum atomic E-state index is 14.1. The van der Waals surface area contributed by atoms with Crippen LogP contribution in [0.25, 0.3) is 11.1 Å². The second-order valence-corrected chi connectivity index (χ2v) is 8.35. The molecule has 1 saturated carbocycles. The number of piperidine rings is 1. The second-order valence-electron chi connectivity index (χ2n) is 8.35. The van der Waals surface area contributed by atoms with Gasteiger partial charge in [-0.1, -0.05) is 42.5 Å². The lowest BCUT2D eigenvalue weighted by atomic mass is 9.74. The van der Waals surface area contributed by atoms with E-state index in [1.807, 2.05) is 35.2 Å². The number of carbonyl (C=O) groups is 2. The first-order chi connectivity index (χ1) is 14.0. The highest BCUT2D eigenvalue weighted by Gasteiger charge is 2.45. The number of likely N-dealkylation sites (tertiary alicyclic amines) is 1. The molecule has 0 aromatic heterocycles. The van der Waals surface area contributed by atoms with E-state index in [-0.39, 0.29) is 23.5 Å². The molecule has 2 aliphatic rings. The number of hydrogen-bond donors (Lipinski definition) is 1. The molecule has 4 nitrogen and oxygen atoms in total. The van der Waals surface area contributed by atoms with E-state index in [0.717, 1.165) is 43.4 Å². The molecule has 1 aliphatic heterocycles. The van der Waals surface area contributed by atoms with Gasteiger partial charge >= 0.3 is 0 Å². The van der Waals surface area contributed by atoms with Crippen LogP contribution >= 0.6 is 0 Å². The molecule has 5 heteroatoms. The number of hydrogen-bond acceptors (Lipinski definition) is 2. The zero-order valence-corrected chi connectivity index (χ0v) is 16.8. The minimum absolute atomic E-state index is 0.0102. The van der Waals surface area contributed by atoms with Gasteiger partial charge in [0.1, 0.15) is 5.82 Å². The molecule has 0 radical (unpaired) electrons. The molecule has 1 heterocycles. The smallest absolute Gasteiger partial charge is 0.228 e. The zero-order chi connectivity index (χ0) is 20.4. The molecule has 2 aromatic rings. The van der Waals surface area contributed by atoms with Gasteiger partial charge in [0.2, 0.25) is 11.8 Å². The lowest BCUT2D eigenvalue weighted by molar-refractivity contribution is -0.142. The fraction of sp³-hybridized carbons (Fsp3) is 0.417. The minimum atomic E-state index is -0.614. The maximum Gasteiger partial charge on any atom is 0.228 e. The lowest BCUT2D eigenvalue weighted by Crippen LogP contribution is -2.54. The van der Waals surface area contributed by atoms with Crippen molar-refractivity contribution < 1.29 is 14.0 Å². The predicted octanol–water partition coefficient (Wildman–Crippen LogP) is 3.80. The van der Waals surface area contributed by atoms with Gasteiger partial charge in [0.05, 0.1) is 5.41 Å². The van der Waals surface area contributed by atoms with Crippen LogP contribution in [0.3, 0.4) is 0 Å². The molecule has 1 saturated heterocycles. The van der Waals surface area contributed by atoms with Gasteiger partial charge in [0.15, 0.2) is 0 Å². The number of nitrogens with one attached hydrogen (secondary N) is 1. The molecule has 2 aromatic carbocycles.